The summed E-state index contributed by atoms with van der Waals surface area (Å²) in [4.78, 5) is 0. The summed E-state index contributed by atoms with van der Waals surface area (Å²) >= 11 is 24.1. The van der Waals surface area contributed by atoms with Crippen LogP contribution in [0.25, 0.3) is 0 Å². The molecule has 2 aromatic carbocycles. The van der Waals surface area contributed by atoms with Gasteiger partial charge in [-0.3, -0.25) is 0 Å². The first kappa shape index (κ1) is 16.9. The van der Waals surface area contributed by atoms with Crippen LogP contribution in [-0.2, 0) is 12.0 Å². The van der Waals surface area contributed by atoms with Crippen LogP contribution in [-0.4, -0.2) is 0 Å². The van der Waals surface area contributed by atoms with Gasteiger partial charge in [-0.2, -0.15) is 0 Å². The molecule has 0 radical (unpaired) electrons. The fourth-order valence-corrected chi connectivity index (χ4v) is 3.25. The lowest BCUT2D eigenvalue weighted by molar-refractivity contribution is 0.487. The van der Waals surface area contributed by atoms with Gasteiger partial charge in [-0.1, -0.05) is 52.5 Å². The molecule has 2 N–H and O–H groups in total. The molecule has 0 aliphatic heterocycles. The Morgan fingerprint density at radius 2 is 1.57 bits per heavy atom. The van der Waals surface area contributed by atoms with E-state index in [1.165, 1.54) is 12.1 Å². The molecular formula is C15H12Cl4FN. The van der Waals surface area contributed by atoms with Crippen molar-refractivity contribution in [3.05, 3.63) is 67.4 Å². The molecule has 6 heteroatoms. The largest absolute Gasteiger partial charge is 0.321 e. The van der Waals surface area contributed by atoms with Crippen LogP contribution in [0.3, 0.4) is 0 Å². The number of rotatable bonds is 3. The monoisotopic (exact) mass is 365 g/mol. The summed E-state index contributed by atoms with van der Waals surface area (Å²) in [6.07, 6.45) is 0.312. The Balaban J connectivity index is 2.45. The first-order valence-corrected chi connectivity index (χ1v) is 7.60. The molecule has 0 fully saturated rings. The molecule has 0 saturated carbocycles. The quantitative estimate of drug-likeness (QED) is 0.676. The minimum Gasteiger partial charge on any atom is -0.321 e. The van der Waals surface area contributed by atoms with Crippen molar-refractivity contribution < 1.29 is 4.39 Å². The highest BCUT2D eigenvalue weighted by Crippen LogP contribution is 2.36. The predicted octanol–water partition coefficient (Wildman–Crippen LogP) is 5.86. The normalized spacial score (nSPS) is 14.0. The van der Waals surface area contributed by atoms with Crippen molar-refractivity contribution in [2.24, 2.45) is 5.73 Å². The van der Waals surface area contributed by atoms with Gasteiger partial charge in [0.15, 0.2) is 0 Å². The topological polar surface area (TPSA) is 26.0 Å². The first-order chi connectivity index (χ1) is 9.72. The van der Waals surface area contributed by atoms with Crippen molar-refractivity contribution in [2.75, 3.05) is 0 Å². The molecule has 1 atom stereocenters. The standard InChI is InChI=1S/C15H12Cl4FN/c1-15(21,7-8-10(16)3-2-4-11(8)17)9-5-14(20)13(19)6-12(9)18/h2-6H,7,21H2,1H3. The second-order valence-electron chi connectivity index (χ2n) is 5.04. The summed E-state index contributed by atoms with van der Waals surface area (Å²) in [5, 5.41) is 1.26. The first-order valence-electron chi connectivity index (χ1n) is 6.09. The van der Waals surface area contributed by atoms with Gasteiger partial charge >= 0.3 is 0 Å². The molecule has 0 bridgehead atoms. The molecule has 2 aromatic rings. The summed E-state index contributed by atoms with van der Waals surface area (Å²) in [5.74, 6) is -0.571. The fraction of sp³-hybridized carbons (Fsp3) is 0.200. The van der Waals surface area contributed by atoms with E-state index >= 15 is 0 Å². The third-order valence-corrected chi connectivity index (χ3v) is 4.54. The predicted molar refractivity (Wildman–Crippen MR) is 88.1 cm³/mol. The fourth-order valence-electron chi connectivity index (χ4n) is 2.12. The summed E-state index contributed by atoms with van der Waals surface area (Å²) in [7, 11) is 0. The lowest BCUT2D eigenvalue weighted by Crippen LogP contribution is -2.36. The van der Waals surface area contributed by atoms with Crippen molar-refractivity contribution in [1.82, 2.24) is 0 Å². The number of benzene rings is 2. The smallest absolute Gasteiger partial charge is 0.142 e. The Labute approximate surface area is 142 Å². The van der Waals surface area contributed by atoms with E-state index in [-0.39, 0.29) is 5.02 Å². The zero-order chi connectivity index (χ0) is 15.8. The summed E-state index contributed by atoms with van der Waals surface area (Å²) in [5.41, 5.74) is 6.51. The SMILES string of the molecule is CC(N)(Cc1c(Cl)cccc1Cl)c1cc(F)c(Cl)cc1Cl. The van der Waals surface area contributed by atoms with Crippen LogP contribution >= 0.6 is 46.4 Å². The van der Waals surface area contributed by atoms with Crippen molar-refractivity contribution in [1.29, 1.82) is 0 Å². The molecule has 0 spiro atoms. The number of nitrogens with two attached hydrogens (primary N) is 1. The summed E-state index contributed by atoms with van der Waals surface area (Å²) in [6, 6.07) is 7.78. The maximum absolute atomic E-state index is 13.7. The summed E-state index contributed by atoms with van der Waals surface area (Å²) in [6.45, 7) is 1.74. The van der Waals surface area contributed by atoms with Crippen molar-refractivity contribution in [3.8, 4) is 0 Å². The van der Waals surface area contributed by atoms with Gasteiger partial charge in [0.2, 0.25) is 0 Å². The minimum absolute atomic E-state index is 0.0460. The Hall–Kier alpha value is -0.510. The Kier molecular flexibility index (Phi) is 5.07. The van der Waals surface area contributed by atoms with Gasteiger partial charge in [-0.15, -0.1) is 0 Å². The third kappa shape index (κ3) is 3.64. The number of halogens is 5. The van der Waals surface area contributed by atoms with Crippen molar-refractivity contribution in [3.63, 3.8) is 0 Å². The number of hydrogen-bond acceptors (Lipinski definition) is 1. The van der Waals surface area contributed by atoms with E-state index in [2.05, 4.69) is 0 Å². The molecular weight excluding hydrogens is 355 g/mol. The highest BCUT2D eigenvalue weighted by Gasteiger charge is 2.27. The van der Waals surface area contributed by atoms with Crippen molar-refractivity contribution in [2.45, 2.75) is 18.9 Å². The molecule has 112 valence electrons. The maximum Gasteiger partial charge on any atom is 0.142 e. The van der Waals surface area contributed by atoms with E-state index in [0.717, 1.165) is 0 Å². The third-order valence-electron chi connectivity index (χ3n) is 3.23. The molecule has 0 heterocycles. The highest BCUT2D eigenvalue weighted by molar-refractivity contribution is 6.36. The van der Waals surface area contributed by atoms with Crippen LogP contribution < -0.4 is 5.73 Å². The molecule has 0 aromatic heterocycles. The van der Waals surface area contributed by atoms with Crippen LogP contribution in [0.5, 0.6) is 0 Å². The van der Waals surface area contributed by atoms with Gasteiger partial charge in [0.05, 0.1) is 5.02 Å². The van der Waals surface area contributed by atoms with Crippen molar-refractivity contribution >= 4 is 46.4 Å². The van der Waals surface area contributed by atoms with Gasteiger partial charge in [0.25, 0.3) is 0 Å². The number of hydrogen-bond donors (Lipinski definition) is 1. The van der Waals surface area contributed by atoms with Crippen LogP contribution in [0.1, 0.15) is 18.1 Å². The molecule has 1 unspecified atom stereocenters. The van der Waals surface area contributed by atoms with Crippen LogP contribution in [0.15, 0.2) is 30.3 Å². The van der Waals surface area contributed by atoms with Gasteiger partial charge in [0, 0.05) is 20.6 Å². The lowest BCUT2D eigenvalue weighted by Gasteiger charge is -2.27. The van der Waals surface area contributed by atoms with Gasteiger partial charge in [-0.05, 0) is 48.7 Å². The van der Waals surface area contributed by atoms with E-state index < -0.39 is 11.4 Å². The zero-order valence-electron chi connectivity index (χ0n) is 11.1. The molecule has 0 saturated heterocycles. The van der Waals surface area contributed by atoms with E-state index in [4.69, 9.17) is 52.1 Å². The minimum atomic E-state index is -0.947. The summed E-state index contributed by atoms with van der Waals surface area (Å²) < 4.78 is 13.7. The van der Waals surface area contributed by atoms with E-state index in [1.807, 2.05) is 0 Å². The Bertz CT molecular complexity index is 665. The Morgan fingerprint density at radius 1 is 1.00 bits per heavy atom. The molecule has 0 amide bonds. The maximum atomic E-state index is 13.7. The van der Waals surface area contributed by atoms with E-state index in [0.29, 0.717) is 32.6 Å². The zero-order valence-corrected chi connectivity index (χ0v) is 14.1. The van der Waals surface area contributed by atoms with E-state index in [9.17, 15) is 4.39 Å². The molecule has 2 rings (SSSR count). The second kappa shape index (κ2) is 6.31. The lowest BCUT2D eigenvalue weighted by atomic mass is 9.86. The molecule has 1 nitrogen and oxygen atoms in total. The molecule has 0 aliphatic rings. The molecule has 0 aliphatic carbocycles. The van der Waals surface area contributed by atoms with Gasteiger partial charge in [0.1, 0.15) is 5.82 Å². The van der Waals surface area contributed by atoms with Gasteiger partial charge in [-0.25, -0.2) is 4.39 Å². The average molecular weight is 367 g/mol. The second-order valence-corrected chi connectivity index (χ2v) is 6.67. The van der Waals surface area contributed by atoms with Gasteiger partial charge < -0.3 is 5.73 Å². The average Bonchev–Trinajstić information content (AvgIpc) is 2.38. The Morgan fingerprint density at radius 3 is 2.14 bits per heavy atom. The van der Waals surface area contributed by atoms with E-state index in [1.54, 1.807) is 25.1 Å². The van der Waals surface area contributed by atoms with Crippen LogP contribution in [0, 0.1) is 5.82 Å². The van der Waals surface area contributed by atoms with Crippen LogP contribution in [0.2, 0.25) is 20.1 Å². The van der Waals surface area contributed by atoms with Crippen LogP contribution in [0.4, 0.5) is 4.39 Å². The molecule has 21 heavy (non-hydrogen) atoms. The highest BCUT2D eigenvalue weighted by atomic mass is 35.5.